The fraction of sp³-hybridized carbons (Fsp3) is 0.278. The first-order chi connectivity index (χ1) is 10.7. The summed E-state index contributed by atoms with van der Waals surface area (Å²) in [5.41, 5.74) is 9.43. The van der Waals surface area contributed by atoms with E-state index < -0.39 is 0 Å². The SMILES string of the molecule is C=O.CO.COc1cccc(-c2ccc(CC(C)N)cc2)c1. The van der Waals surface area contributed by atoms with Crippen LogP contribution in [0.3, 0.4) is 0 Å². The second-order valence-electron chi connectivity index (χ2n) is 4.61. The van der Waals surface area contributed by atoms with Crippen molar-refractivity contribution in [2.24, 2.45) is 5.73 Å². The van der Waals surface area contributed by atoms with Crippen LogP contribution >= 0.6 is 0 Å². The minimum absolute atomic E-state index is 0.202. The standard InChI is InChI=1S/C16H19NO.CH4O.CH2O/c1-12(17)10-13-6-8-14(9-7-13)15-4-3-5-16(11-15)18-2;2*1-2/h3-9,11-12H,10,17H2,1-2H3;2H,1H3;1H2. The number of carbonyl (C=O) groups excluding carboxylic acids is 1. The summed E-state index contributed by atoms with van der Waals surface area (Å²) in [4.78, 5) is 8.00. The predicted octanol–water partition coefficient (Wildman–Crippen LogP) is 2.68. The molecule has 0 aliphatic heterocycles. The van der Waals surface area contributed by atoms with Crippen LogP contribution in [0.15, 0.2) is 48.5 Å². The van der Waals surface area contributed by atoms with Gasteiger partial charge < -0.3 is 20.4 Å². The first-order valence-electron chi connectivity index (χ1n) is 6.91. The topological polar surface area (TPSA) is 72.5 Å². The molecule has 0 heterocycles. The molecule has 4 nitrogen and oxygen atoms in total. The van der Waals surface area contributed by atoms with Gasteiger partial charge in [-0.1, -0.05) is 36.4 Å². The van der Waals surface area contributed by atoms with E-state index in [1.165, 1.54) is 16.7 Å². The zero-order valence-electron chi connectivity index (χ0n) is 13.5. The first kappa shape index (κ1) is 19.8. The largest absolute Gasteiger partial charge is 0.497 e. The first-order valence-corrected chi connectivity index (χ1v) is 6.91. The Morgan fingerprint density at radius 2 is 1.68 bits per heavy atom. The summed E-state index contributed by atoms with van der Waals surface area (Å²) in [5, 5.41) is 7.00. The van der Waals surface area contributed by atoms with Crippen molar-refractivity contribution in [1.29, 1.82) is 0 Å². The molecule has 0 spiro atoms. The molecule has 0 saturated heterocycles. The van der Waals surface area contributed by atoms with Crippen LogP contribution in [-0.4, -0.2) is 32.2 Å². The molecule has 2 aromatic carbocycles. The van der Waals surface area contributed by atoms with Crippen LogP contribution < -0.4 is 10.5 Å². The van der Waals surface area contributed by atoms with E-state index in [4.69, 9.17) is 20.4 Å². The Balaban J connectivity index is 0.00000102. The number of nitrogens with two attached hydrogens (primary N) is 1. The Morgan fingerprint density at radius 1 is 1.09 bits per heavy atom. The molecule has 0 aromatic heterocycles. The van der Waals surface area contributed by atoms with E-state index in [2.05, 4.69) is 30.3 Å². The van der Waals surface area contributed by atoms with Crippen molar-refractivity contribution in [1.82, 2.24) is 0 Å². The highest BCUT2D eigenvalue weighted by Gasteiger charge is 2.01. The maximum atomic E-state index is 8.00. The Kier molecular flexibility index (Phi) is 10.4. The lowest BCUT2D eigenvalue weighted by Gasteiger charge is -2.08. The molecule has 4 heteroatoms. The van der Waals surface area contributed by atoms with Crippen molar-refractivity contribution >= 4 is 6.79 Å². The van der Waals surface area contributed by atoms with E-state index in [1.807, 2.05) is 31.9 Å². The van der Waals surface area contributed by atoms with Gasteiger partial charge in [-0.25, -0.2) is 0 Å². The summed E-state index contributed by atoms with van der Waals surface area (Å²) >= 11 is 0. The lowest BCUT2D eigenvalue weighted by molar-refractivity contribution is -0.0979. The minimum atomic E-state index is 0.202. The van der Waals surface area contributed by atoms with Gasteiger partial charge in [0.2, 0.25) is 0 Å². The summed E-state index contributed by atoms with van der Waals surface area (Å²) in [5.74, 6) is 0.882. The molecule has 0 aliphatic rings. The van der Waals surface area contributed by atoms with E-state index >= 15 is 0 Å². The molecule has 0 fully saturated rings. The van der Waals surface area contributed by atoms with Crippen LogP contribution in [-0.2, 0) is 11.2 Å². The Labute approximate surface area is 132 Å². The molecule has 2 rings (SSSR count). The zero-order valence-corrected chi connectivity index (χ0v) is 13.5. The lowest BCUT2D eigenvalue weighted by Crippen LogP contribution is -2.17. The number of aliphatic hydroxyl groups is 1. The van der Waals surface area contributed by atoms with Gasteiger partial charge in [0.1, 0.15) is 12.5 Å². The normalized spacial score (nSPS) is 10.4. The van der Waals surface area contributed by atoms with Gasteiger partial charge in [-0.2, -0.15) is 0 Å². The molecule has 2 aromatic rings. The fourth-order valence-electron chi connectivity index (χ4n) is 2.01. The average molecular weight is 303 g/mol. The Bertz CT molecular complexity index is 524. The second kappa shape index (κ2) is 11.5. The molecule has 120 valence electrons. The number of methoxy groups -OCH3 is 1. The van der Waals surface area contributed by atoms with Gasteiger partial charge in [0, 0.05) is 13.2 Å². The molecular formula is C18H25NO3. The van der Waals surface area contributed by atoms with Crippen molar-refractivity contribution in [3.8, 4) is 16.9 Å². The molecule has 0 aliphatic carbocycles. The molecule has 0 bridgehead atoms. The third kappa shape index (κ3) is 6.52. The number of hydrogen-bond donors (Lipinski definition) is 2. The summed E-state index contributed by atoms with van der Waals surface area (Å²) in [6, 6.07) is 16.8. The van der Waals surface area contributed by atoms with Crippen LogP contribution in [0.4, 0.5) is 0 Å². The molecule has 0 amide bonds. The number of carbonyl (C=O) groups is 1. The van der Waals surface area contributed by atoms with Crippen molar-refractivity contribution in [2.45, 2.75) is 19.4 Å². The van der Waals surface area contributed by atoms with Gasteiger partial charge in [0.15, 0.2) is 0 Å². The van der Waals surface area contributed by atoms with Crippen LogP contribution in [0.5, 0.6) is 5.75 Å². The molecule has 3 N–H and O–H groups in total. The molecule has 1 unspecified atom stereocenters. The zero-order chi connectivity index (χ0) is 17.0. The molecule has 1 atom stereocenters. The maximum absolute atomic E-state index is 8.00. The van der Waals surface area contributed by atoms with Crippen molar-refractivity contribution in [3.63, 3.8) is 0 Å². The van der Waals surface area contributed by atoms with E-state index in [0.717, 1.165) is 19.3 Å². The number of ether oxygens (including phenoxy) is 1. The monoisotopic (exact) mass is 303 g/mol. The smallest absolute Gasteiger partial charge is 0.119 e. The maximum Gasteiger partial charge on any atom is 0.119 e. The van der Waals surface area contributed by atoms with Gasteiger partial charge in [-0.3, -0.25) is 0 Å². The highest BCUT2D eigenvalue weighted by Crippen LogP contribution is 2.24. The van der Waals surface area contributed by atoms with Crippen LogP contribution in [0.1, 0.15) is 12.5 Å². The molecule has 0 saturated carbocycles. The van der Waals surface area contributed by atoms with Crippen molar-refractivity contribution in [3.05, 3.63) is 54.1 Å². The van der Waals surface area contributed by atoms with E-state index in [0.29, 0.717) is 0 Å². The third-order valence-corrected chi connectivity index (χ3v) is 2.91. The summed E-state index contributed by atoms with van der Waals surface area (Å²) in [6.07, 6.45) is 0.915. The fourth-order valence-corrected chi connectivity index (χ4v) is 2.01. The summed E-state index contributed by atoms with van der Waals surface area (Å²) < 4.78 is 5.24. The number of hydrogen-bond acceptors (Lipinski definition) is 4. The van der Waals surface area contributed by atoms with Gasteiger partial charge in [-0.05, 0) is 42.2 Å². The van der Waals surface area contributed by atoms with Crippen molar-refractivity contribution < 1.29 is 14.6 Å². The molecular weight excluding hydrogens is 278 g/mol. The van der Waals surface area contributed by atoms with Gasteiger partial charge in [0.25, 0.3) is 0 Å². The van der Waals surface area contributed by atoms with Crippen LogP contribution in [0.2, 0.25) is 0 Å². The minimum Gasteiger partial charge on any atom is -0.497 e. The average Bonchev–Trinajstić information content (AvgIpc) is 2.59. The van der Waals surface area contributed by atoms with Gasteiger partial charge in [-0.15, -0.1) is 0 Å². The van der Waals surface area contributed by atoms with Gasteiger partial charge in [0.05, 0.1) is 7.11 Å². The summed E-state index contributed by atoms with van der Waals surface area (Å²) in [7, 11) is 2.69. The van der Waals surface area contributed by atoms with Crippen molar-refractivity contribution in [2.75, 3.05) is 14.2 Å². The third-order valence-electron chi connectivity index (χ3n) is 2.91. The second-order valence-corrected chi connectivity index (χ2v) is 4.61. The van der Waals surface area contributed by atoms with E-state index in [-0.39, 0.29) is 6.04 Å². The van der Waals surface area contributed by atoms with Crippen LogP contribution in [0.25, 0.3) is 11.1 Å². The summed E-state index contributed by atoms with van der Waals surface area (Å²) in [6.45, 7) is 4.02. The highest BCUT2D eigenvalue weighted by molar-refractivity contribution is 5.65. The quantitative estimate of drug-likeness (QED) is 0.911. The number of aliphatic hydroxyl groups excluding tert-OH is 1. The molecule has 22 heavy (non-hydrogen) atoms. The van der Waals surface area contributed by atoms with E-state index in [9.17, 15) is 0 Å². The van der Waals surface area contributed by atoms with E-state index in [1.54, 1.807) is 7.11 Å². The Morgan fingerprint density at radius 3 is 2.18 bits per heavy atom. The van der Waals surface area contributed by atoms with Gasteiger partial charge >= 0.3 is 0 Å². The molecule has 0 radical (unpaired) electrons. The number of rotatable bonds is 4. The number of benzene rings is 2. The predicted molar refractivity (Wildman–Crippen MR) is 91.0 cm³/mol. The Hall–Kier alpha value is -2.17. The lowest BCUT2D eigenvalue weighted by atomic mass is 10.0. The van der Waals surface area contributed by atoms with Crippen LogP contribution in [0, 0.1) is 0 Å². The highest BCUT2D eigenvalue weighted by atomic mass is 16.5.